The molecular weight excluding hydrogens is 356 g/mol. The van der Waals surface area contributed by atoms with Crippen LogP contribution in [0.1, 0.15) is 26.0 Å². The number of nitrogens with one attached hydrogen (secondary N) is 2. The molecule has 0 saturated heterocycles. The smallest absolute Gasteiger partial charge is 0.258 e. The molecule has 1 aromatic heterocycles. The summed E-state index contributed by atoms with van der Waals surface area (Å²) in [6.45, 7) is 4.08. The molecule has 0 spiro atoms. The molecule has 7 heteroatoms. The summed E-state index contributed by atoms with van der Waals surface area (Å²) in [7, 11) is 0. The molecule has 2 N–H and O–H groups in total. The van der Waals surface area contributed by atoms with Crippen molar-refractivity contribution in [2.24, 2.45) is 5.92 Å². The zero-order valence-corrected chi connectivity index (χ0v) is 15.6. The Morgan fingerprint density at radius 1 is 1.19 bits per heavy atom. The number of hydrogen-bond donors (Lipinski definition) is 2. The summed E-state index contributed by atoms with van der Waals surface area (Å²) in [5.41, 5.74) is 0. The summed E-state index contributed by atoms with van der Waals surface area (Å²) < 4.78 is 10.6. The maximum Gasteiger partial charge on any atom is 0.258 e. The molecule has 0 bridgehead atoms. The molecule has 0 radical (unpaired) electrons. The molecule has 1 heterocycles. The SMILES string of the molecule is CC(C)C[C@@H](NC(=O)COc1ccc(Cl)cc1)C(=O)NCc1ccco1. The van der Waals surface area contributed by atoms with E-state index in [1.54, 1.807) is 42.7 Å². The van der Waals surface area contributed by atoms with Crippen LogP contribution in [-0.2, 0) is 16.1 Å². The van der Waals surface area contributed by atoms with E-state index in [1.807, 2.05) is 13.8 Å². The van der Waals surface area contributed by atoms with E-state index in [0.717, 1.165) is 0 Å². The average molecular weight is 379 g/mol. The van der Waals surface area contributed by atoms with Crippen LogP contribution in [0.3, 0.4) is 0 Å². The van der Waals surface area contributed by atoms with Crippen molar-refractivity contribution in [3.63, 3.8) is 0 Å². The fourth-order valence-corrected chi connectivity index (χ4v) is 2.46. The summed E-state index contributed by atoms with van der Waals surface area (Å²) >= 11 is 5.81. The highest BCUT2D eigenvalue weighted by molar-refractivity contribution is 6.30. The van der Waals surface area contributed by atoms with E-state index < -0.39 is 6.04 Å². The van der Waals surface area contributed by atoms with Crippen molar-refractivity contribution in [3.05, 3.63) is 53.4 Å². The molecule has 2 amide bonds. The number of halogens is 1. The largest absolute Gasteiger partial charge is 0.484 e. The summed E-state index contributed by atoms with van der Waals surface area (Å²) in [5, 5.41) is 6.09. The van der Waals surface area contributed by atoms with Crippen LogP contribution in [0.25, 0.3) is 0 Å². The highest BCUT2D eigenvalue weighted by Gasteiger charge is 2.22. The zero-order chi connectivity index (χ0) is 18.9. The molecule has 140 valence electrons. The highest BCUT2D eigenvalue weighted by Crippen LogP contribution is 2.15. The first-order chi connectivity index (χ1) is 12.4. The van der Waals surface area contributed by atoms with Gasteiger partial charge >= 0.3 is 0 Å². The molecule has 2 rings (SSSR count). The molecule has 2 aromatic rings. The van der Waals surface area contributed by atoms with Crippen LogP contribution >= 0.6 is 11.6 Å². The van der Waals surface area contributed by atoms with Crippen molar-refractivity contribution in [2.45, 2.75) is 32.9 Å². The van der Waals surface area contributed by atoms with E-state index in [9.17, 15) is 9.59 Å². The second-order valence-electron chi connectivity index (χ2n) is 6.29. The van der Waals surface area contributed by atoms with Gasteiger partial charge in [-0.2, -0.15) is 0 Å². The van der Waals surface area contributed by atoms with Gasteiger partial charge in [-0.3, -0.25) is 9.59 Å². The van der Waals surface area contributed by atoms with Crippen molar-refractivity contribution < 1.29 is 18.7 Å². The van der Waals surface area contributed by atoms with Gasteiger partial charge in [-0.05, 0) is 48.7 Å². The monoisotopic (exact) mass is 378 g/mol. The van der Waals surface area contributed by atoms with Gasteiger partial charge in [0, 0.05) is 5.02 Å². The second kappa shape index (κ2) is 9.87. The lowest BCUT2D eigenvalue weighted by Crippen LogP contribution is -2.48. The van der Waals surface area contributed by atoms with Gasteiger partial charge in [-0.25, -0.2) is 0 Å². The standard InChI is InChI=1S/C19H23ClN2O4/c1-13(2)10-17(19(24)21-11-16-4-3-9-25-16)22-18(23)12-26-15-7-5-14(20)6-8-15/h3-9,13,17H,10-12H2,1-2H3,(H,21,24)(H,22,23)/t17-/m1/s1. The third kappa shape index (κ3) is 6.80. The molecule has 0 unspecified atom stereocenters. The van der Waals surface area contributed by atoms with E-state index in [-0.39, 0.29) is 30.9 Å². The zero-order valence-electron chi connectivity index (χ0n) is 14.8. The molecular formula is C19H23ClN2O4. The Hall–Kier alpha value is -2.47. The minimum atomic E-state index is -0.633. The molecule has 0 aliphatic carbocycles. The molecule has 0 aliphatic rings. The van der Waals surface area contributed by atoms with Gasteiger partial charge in [0.05, 0.1) is 12.8 Å². The minimum Gasteiger partial charge on any atom is -0.484 e. The summed E-state index contributed by atoms with van der Waals surface area (Å²) in [6.07, 6.45) is 2.07. The number of carbonyl (C=O) groups excluding carboxylic acids is 2. The Bertz CT molecular complexity index is 699. The van der Waals surface area contributed by atoms with Gasteiger partial charge < -0.3 is 19.8 Å². The lowest BCUT2D eigenvalue weighted by atomic mass is 10.0. The van der Waals surface area contributed by atoms with E-state index >= 15 is 0 Å². The molecule has 26 heavy (non-hydrogen) atoms. The lowest BCUT2D eigenvalue weighted by Gasteiger charge is -2.20. The van der Waals surface area contributed by atoms with Crippen molar-refractivity contribution >= 4 is 23.4 Å². The Labute approximate surface area is 157 Å². The predicted molar refractivity (Wildman–Crippen MR) is 98.9 cm³/mol. The second-order valence-corrected chi connectivity index (χ2v) is 6.73. The number of furan rings is 1. The Morgan fingerprint density at radius 3 is 2.54 bits per heavy atom. The van der Waals surface area contributed by atoms with Crippen molar-refractivity contribution in [2.75, 3.05) is 6.61 Å². The molecule has 0 aliphatic heterocycles. The van der Waals surface area contributed by atoms with Crippen LogP contribution in [0, 0.1) is 5.92 Å². The van der Waals surface area contributed by atoms with Crippen LogP contribution < -0.4 is 15.4 Å². The normalized spacial score (nSPS) is 11.8. The molecule has 6 nitrogen and oxygen atoms in total. The van der Waals surface area contributed by atoms with Gasteiger partial charge in [0.25, 0.3) is 5.91 Å². The van der Waals surface area contributed by atoms with Gasteiger partial charge in [0.2, 0.25) is 5.91 Å². The Kier molecular flexibility index (Phi) is 7.53. The van der Waals surface area contributed by atoms with Crippen LogP contribution in [-0.4, -0.2) is 24.5 Å². The summed E-state index contributed by atoms with van der Waals surface area (Å²) in [6, 6.07) is 9.61. The topological polar surface area (TPSA) is 80.6 Å². The third-order valence-corrected chi connectivity index (χ3v) is 3.81. The van der Waals surface area contributed by atoms with Gasteiger partial charge in [-0.15, -0.1) is 0 Å². The van der Waals surface area contributed by atoms with Crippen molar-refractivity contribution in [1.82, 2.24) is 10.6 Å². The van der Waals surface area contributed by atoms with Crippen LogP contribution in [0.4, 0.5) is 0 Å². The van der Waals surface area contributed by atoms with Gasteiger partial charge in [0.15, 0.2) is 6.61 Å². The minimum absolute atomic E-state index is 0.179. The van der Waals surface area contributed by atoms with Crippen LogP contribution in [0.5, 0.6) is 5.75 Å². The highest BCUT2D eigenvalue weighted by atomic mass is 35.5. The molecule has 1 atom stereocenters. The Morgan fingerprint density at radius 2 is 1.92 bits per heavy atom. The van der Waals surface area contributed by atoms with Gasteiger partial charge in [-0.1, -0.05) is 25.4 Å². The summed E-state index contributed by atoms with van der Waals surface area (Å²) in [4.78, 5) is 24.6. The first-order valence-electron chi connectivity index (χ1n) is 8.42. The third-order valence-electron chi connectivity index (χ3n) is 3.56. The molecule has 0 fully saturated rings. The number of benzene rings is 1. The molecule has 1 aromatic carbocycles. The molecule has 0 saturated carbocycles. The number of amides is 2. The maximum atomic E-state index is 12.4. The van der Waals surface area contributed by atoms with E-state index in [0.29, 0.717) is 23.0 Å². The van der Waals surface area contributed by atoms with Crippen LogP contribution in [0.15, 0.2) is 47.1 Å². The number of rotatable bonds is 9. The first-order valence-corrected chi connectivity index (χ1v) is 8.79. The summed E-state index contributed by atoms with van der Waals surface area (Å²) in [5.74, 6) is 0.812. The van der Waals surface area contributed by atoms with E-state index in [4.69, 9.17) is 20.8 Å². The number of hydrogen-bond acceptors (Lipinski definition) is 4. The quantitative estimate of drug-likeness (QED) is 0.702. The Balaban J connectivity index is 1.85. The van der Waals surface area contributed by atoms with Gasteiger partial charge in [0.1, 0.15) is 17.6 Å². The number of carbonyl (C=O) groups is 2. The lowest BCUT2D eigenvalue weighted by molar-refractivity contribution is -0.130. The van der Waals surface area contributed by atoms with Crippen LogP contribution in [0.2, 0.25) is 5.02 Å². The van der Waals surface area contributed by atoms with Crippen molar-refractivity contribution in [1.29, 1.82) is 0 Å². The van der Waals surface area contributed by atoms with E-state index in [1.165, 1.54) is 0 Å². The van der Waals surface area contributed by atoms with E-state index in [2.05, 4.69) is 10.6 Å². The van der Waals surface area contributed by atoms with Crippen molar-refractivity contribution in [3.8, 4) is 5.75 Å². The predicted octanol–water partition coefficient (Wildman–Crippen LogP) is 3.16. The number of ether oxygens (including phenoxy) is 1. The average Bonchev–Trinajstić information content (AvgIpc) is 3.12. The maximum absolute atomic E-state index is 12.4. The fraction of sp³-hybridized carbons (Fsp3) is 0.368. The fourth-order valence-electron chi connectivity index (χ4n) is 2.33. The first kappa shape index (κ1) is 19.8.